The van der Waals surface area contributed by atoms with Crippen molar-refractivity contribution in [2.45, 2.75) is 57.2 Å². The minimum absolute atomic E-state index is 0.213. The van der Waals surface area contributed by atoms with E-state index in [2.05, 4.69) is 59.3 Å². The summed E-state index contributed by atoms with van der Waals surface area (Å²) in [4.78, 5) is 18.9. The van der Waals surface area contributed by atoms with Crippen molar-refractivity contribution in [2.75, 3.05) is 56.7 Å². The number of hydrogen-bond donors (Lipinski definition) is 0. The third kappa shape index (κ3) is 5.37. The van der Waals surface area contributed by atoms with Gasteiger partial charge in [-0.2, -0.15) is 15.2 Å². The van der Waals surface area contributed by atoms with E-state index in [4.69, 9.17) is 26.3 Å². The SMILES string of the molecule is CN(c1nc(OC[C@@H]2CCCN2C)nc2c1CCN(c1cccc3cccc(Cl)c13)C2)C1CCCCN(C#N)C1. The van der Waals surface area contributed by atoms with Gasteiger partial charge in [-0.1, -0.05) is 35.9 Å². The van der Waals surface area contributed by atoms with Gasteiger partial charge in [-0.15, -0.1) is 0 Å². The lowest BCUT2D eigenvalue weighted by molar-refractivity contribution is 0.187. The average molecular weight is 560 g/mol. The number of nitriles is 1. The molecule has 9 heteroatoms. The summed E-state index contributed by atoms with van der Waals surface area (Å²) in [6.07, 6.45) is 8.73. The van der Waals surface area contributed by atoms with Gasteiger partial charge in [-0.25, -0.2) is 0 Å². The second-order valence-corrected chi connectivity index (χ2v) is 11.8. The zero-order valence-corrected chi connectivity index (χ0v) is 24.3. The van der Waals surface area contributed by atoms with Crippen LogP contribution in [0, 0.1) is 11.5 Å². The van der Waals surface area contributed by atoms with Gasteiger partial charge in [0.25, 0.3) is 0 Å². The van der Waals surface area contributed by atoms with Crippen LogP contribution >= 0.6 is 11.6 Å². The Balaban J connectivity index is 1.34. The highest BCUT2D eigenvalue weighted by Crippen LogP contribution is 2.37. The molecule has 0 amide bonds. The number of nitrogens with zero attached hydrogens (tertiary/aromatic N) is 7. The third-order valence-electron chi connectivity index (χ3n) is 8.94. The summed E-state index contributed by atoms with van der Waals surface area (Å²) < 4.78 is 6.31. The number of fused-ring (bicyclic) bond motifs is 2. The fraction of sp³-hybridized carbons (Fsp3) is 0.516. The molecule has 210 valence electrons. The summed E-state index contributed by atoms with van der Waals surface area (Å²) in [5.74, 6) is 0.945. The predicted molar refractivity (Wildman–Crippen MR) is 160 cm³/mol. The molecule has 1 unspecified atom stereocenters. The number of aromatic nitrogens is 2. The standard InChI is InChI=1S/C31H38ClN7O/c1-36-15-7-11-24(36)20-40-31-34-27-19-39(28-13-6-9-22-8-5-12-26(32)29(22)28)17-14-25(27)30(35-31)37(2)23-10-3-4-16-38(18-23)21-33/h5-6,8-9,12-13,23-24H,3-4,7,10-11,14-20H2,1-2H3/t23?,24-/m0/s1. The molecule has 1 aromatic heterocycles. The van der Waals surface area contributed by atoms with Gasteiger partial charge in [-0.3, -0.25) is 0 Å². The number of rotatable bonds is 6. The predicted octanol–water partition coefficient (Wildman–Crippen LogP) is 5.09. The topological polar surface area (TPSA) is 71.8 Å². The van der Waals surface area contributed by atoms with Gasteiger partial charge < -0.3 is 24.3 Å². The van der Waals surface area contributed by atoms with Crippen LogP contribution in [0.25, 0.3) is 10.8 Å². The molecule has 2 atom stereocenters. The molecular formula is C31H38ClN7O. The highest BCUT2D eigenvalue weighted by atomic mass is 35.5. The normalized spacial score (nSPS) is 21.6. The van der Waals surface area contributed by atoms with Gasteiger partial charge >= 0.3 is 6.01 Å². The first-order chi connectivity index (χ1) is 19.5. The maximum atomic E-state index is 9.64. The Kier molecular flexibility index (Phi) is 7.86. The van der Waals surface area contributed by atoms with E-state index in [0.717, 1.165) is 91.3 Å². The van der Waals surface area contributed by atoms with Gasteiger partial charge in [-0.05, 0) is 69.6 Å². The van der Waals surface area contributed by atoms with E-state index in [1.54, 1.807) is 0 Å². The molecule has 2 saturated heterocycles. The van der Waals surface area contributed by atoms with Crippen molar-refractivity contribution in [1.29, 1.82) is 5.26 Å². The van der Waals surface area contributed by atoms with E-state index >= 15 is 0 Å². The number of halogens is 1. The number of anilines is 2. The van der Waals surface area contributed by atoms with Crippen molar-refractivity contribution in [1.82, 2.24) is 19.8 Å². The minimum Gasteiger partial charge on any atom is -0.462 e. The molecule has 2 aromatic carbocycles. The quantitative estimate of drug-likeness (QED) is 0.387. The largest absolute Gasteiger partial charge is 0.462 e. The Labute approximate surface area is 242 Å². The maximum Gasteiger partial charge on any atom is 0.318 e. The zero-order valence-electron chi connectivity index (χ0n) is 23.5. The molecule has 8 nitrogen and oxygen atoms in total. The molecule has 6 rings (SSSR count). The first kappa shape index (κ1) is 26.9. The molecular weight excluding hydrogens is 522 g/mol. The van der Waals surface area contributed by atoms with Gasteiger partial charge in [0.15, 0.2) is 6.19 Å². The number of hydrogen-bond acceptors (Lipinski definition) is 8. The summed E-state index contributed by atoms with van der Waals surface area (Å²) in [6.45, 7) is 4.75. The number of likely N-dealkylation sites (tertiary alicyclic amines) is 2. The number of benzene rings is 2. The highest BCUT2D eigenvalue weighted by Gasteiger charge is 2.30. The van der Waals surface area contributed by atoms with Crippen LogP contribution in [0.4, 0.5) is 11.5 Å². The van der Waals surface area contributed by atoms with E-state index in [-0.39, 0.29) is 6.04 Å². The summed E-state index contributed by atoms with van der Waals surface area (Å²) in [6, 6.07) is 13.5. The van der Waals surface area contributed by atoms with Crippen molar-refractivity contribution in [2.24, 2.45) is 0 Å². The van der Waals surface area contributed by atoms with Crippen molar-refractivity contribution in [3.8, 4) is 12.2 Å². The van der Waals surface area contributed by atoms with Gasteiger partial charge in [0, 0.05) is 55.4 Å². The average Bonchev–Trinajstić information content (AvgIpc) is 3.23. The van der Waals surface area contributed by atoms with Crippen LogP contribution in [0.2, 0.25) is 5.02 Å². The Morgan fingerprint density at radius 2 is 1.93 bits per heavy atom. The third-order valence-corrected chi connectivity index (χ3v) is 9.26. The first-order valence-corrected chi connectivity index (χ1v) is 14.9. The lowest BCUT2D eigenvalue weighted by Gasteiger charge is -2.36. The Morgan fingerprint density at radius 1 is 1.07 bits per heavy atom. The summed E-state index contributed by atoms with van der Waals surface area (Å²) in [5, 5.41) is 12.6. The van der Waals surface area contributed by atoms with Crippen LogP contribution in [-0.2, 0) is 13.0 Å². The molecule has 3 aliphatic heterocycles. The van der Waals surface area contributed by atoms with E-state index in [1.807, 2.05) is 17.0 Å². The molecule has 40 heavy (non-hydrogen) atoms. The van der Waals surface area contributed by atoms with Crippen LogP contribution in [0.3, 0.4) is 0 Å². The van der Waals surface area contributed by atoms with Gasteiger partial charge in [0.1, 0.15) is 12.4 Å². The minimum atomic E-state index is 0.213. The molecule has 3 aromatic rings. The molecule has 4 heterocycles. The van der Waals surface area contributed by atoms with E-state index in [1.165, 1.54) is 12.0 Å². The monoisotopic (exact) mass is 559 g/mol. The highest BCUT2D eigenvalue weighted by molar-refractivity contribution is 6.36. The van der Waals surface area contributed by atoms with E-state index < -0.39 is 0 Å². The molecule has 3 aliphatic rings. The van der Waals surface area contributed by atoms with Gasteiger partial charge in [0.05, 0.1) is 17.3 Å². The van der Waals surface area contributed by atoms with Gasteiger partial charge in [0.2, 0.25) is 0 Å². The van der Waals surface area contributed by atoms with Crippen LogP contribution < -0.4 is 14.5 Å². The van der Waals surface area contributed by atoms with Crippen LogP contribution in [-0.4, -0.2) is 78.7 Å². The zero-order chi connectivity index (χ0) is 27.6. The lowest BCUT2D eigenvalue weighted by Crippen LogP contribution is -2.41. The lowest BCUT2D eigenvalue weighted by atomic mass is 10.0. The summed E-state index contributed by atoms with van der Waals surface area (Å²) in [7, 11) is 4.29. The van der Waals surface area contributed by atoms with Crippen LogP contribution in [0.15, 0.2) is 36.4 Å². The fourth-order valence-electron chi connectivity index (χ4n) is 6.55. The van der Waals surface area contributed by atoms with Crippen molar-refractivity contribution in [3.63, 3.8) is 0 Å². The first-order valence-electron chi connectivity index (χ1n) is 14.5. The molecule has 0 saturated carbocycles. The molecule has 2 fully saturated rings. The van der Waals surface area contributed by atoms with Crippen molar-refractivity contribution >= 4 is 33.9 Å². The van der Waals surface area contributed by atoms with Crippen molar-refractivity contribution in [3.05, 3.63) is 52.7 Å². The van der Waals surface area contributed by atoms with Crippen LogP contribution in [0.5, 0.6) is 6.01 Å². The Hall–Kier alpha value is -3.28. The second-order valence-electron chi connectivity index (χ2n) is 11.4. The fourth-order valence-corrected chi connectivity index (χ4v) is 6.83. The van der Waals surface area contributed by atoms with Crippen molar-refractivity contribution < 1.29 is 4.74 Å². The Morgan fingerprint density at radius 3 is 2.73 bits per heavy atom. The smallest absolute Gasteiger partial charge is 0.318 e. The molecule has 0 bridgehead atoms. The maximum absolute atomic E-state index is 9.64. The number of likely N-dealkylation sites (N-methyl/N-ethyl adjacent to an activating group) is 2. The molecule has 0 radical (unpaired) electrons. The molecule has 0 spiro atoms. The second kappa shape index (κ2) is 11.7. The summed E-state index contributed by atoms with van der Waals surface area (Å²) in [5.41, 5.74) is 3.32. The number of ether oxygens (including phenoxy) is 1. The Bertz CT molecular complexity index is 1400. The van der Waals surface area contributed by atoms with Crippen LogP contribution in [0.1, 0.15) is 43.4 Å². The van der Waals surface area contributed by atoms with E-state index in [9.17, 15) is 5.26 Å². The summed E-state index contributed by atoms with van der Waals surface area (Å²) >= 11 is 6.70. The van der Waals surface area contributed by atoms with E-state index in [0.29, 0.717) is 25.2 Å². The molecule has 0 N–H and O–H groups in total. The molecule has 0 aliphatic carbocycles.